The van der Waals surface area contributed by atoms with Gasteiger partial charge < -0.3 is 0 Å². The van der Waals surface area contributed by atoms with Crippen molar-refractivity contribution in [3.8, 4) is 0 Å². The Kier molecular flexibility index (Phi) is 2.49. The molecule has 0 aromatic rings. The molecule has 0 bridgehead atoms. The molecule has 1 aliphatic rings. The Morgan fingerprint density at radius 1 is 1.62 bits per heavy atom. The molecule has 0 aliphatic carbocycles. The van der Waals surface area contributed by atoms with E-state index < -0.39 is 11.2 Å². The fourth-order valence-electron chi connectivity index (χ4n) is 1.20. The van der Waals surface area contributed by atoms with Gasteiger partial charge in [0, 0.05) is 6.42 Å². The molecule has 1 rings (SSSR count). The fraction of sp³-hybridized carbons (Fsp3) is 1.00. The van der Waals surface area contributed by atoms with Crippen LogP contribution in [0.15, 0.2) is 10.2 Å². The van der Waals surface area contributed by atoms with Crippen molar-refractivity contribution in [2.45, 2.75) is 33.4 Å². The summed E-state index contributed by atoms with van der Waals surface area (Å²) in [7, 11) is 0. The summed E-state index contributed by atoms with van der Waals surface area (Å²) in [4.78, 5) is 10.5. The fourth-order valence-corrected chi connectivity index (χ4v) is 1.20. The van der Waals surface area contributed by atoms with Crippen LogP contribution in [0.5, 0.6) is 0 Å². The number of rotatable bonds is 2. The summed E-state index contributed by atoms with van der Waals surface area (Å²) >= 11 is 0. The van der Waals surface area contributed by atoms with Gasteiger partial charge >= 0.3 is 0 Å². The molecule has 0 aromatic heterocycles. The van der Waals surface area contributed by atoms with Crippen molar-refractivity contribution in [2.75, 3.05) is 6.67 Å². The van der Waals surface area contributed by atoms with Gasteiger partial charge in [0.25, 0.3) is 0 Å². The summed E-state index contributed by atoms with van der Waals surface area (Å²) in [6.07, 6.45) is 0.257. The Balaban J connectivity index is 2.59. The van der Waals surface area contributed by atoms with Crippen LogP contribution in [0.2, 0.25) is 0 Å². The van der Waals surface area contributed by atoms with Crippen molar-refractivity contribution >= 4 is 0 Å². The van der Waals surface area contributed by atoms with E-state index in [1.165, 1.54) is 0 Å². The minimum Gasteiger partial charge on any atom is -0.235 e. The van der Waals surface area contributed by atoms with Crippen LogP contribution >= 0.6 is 0 Å². The van der Waals surface area contributed by atoms with E-state index in [9.17, 15) is 10.1 Å². The smallest absolute Gasteiger partial charge is 0.202 e. The van der Waals surface area contributed by atoms with Crippen molar-refractivity contribution in [1.29, 1.82) is 0 Å². The maximum Gasteiger partial charge on any atom is 0.202 e. The average Bonchev–Trinajstić information content (AvgIpc) is 2.31. The Morgan fingerprint density at radius 2 is 2.23 bits per heavy atom. The first-order chi connectivity index (χ1) is 5.90. The zero-order valence-electron chi connectivity index (χ0n) is 8.10. The van der Waals surface area contributed by atoms with Gasteiger partial charge in [-0.05, 0) is 5.41 Å². The van der Waals surface area contributed by atoms with E-state index in [0.29, 0.717) is 6.42 Å². The Hall–Kier alpha value is -1.20. The van der Waals surface area contributed by atoms with Crippen LogP contribution in [0.1, 0.15) is 27.2 Å². The lowest BCUT2D eigenvalue weighted by molar-refractivity contribution is -0.661. The third-order valence-corrected chi connectivity index (χ3v) is 1.77. The lowest BCUT2D eigenvalue weighted by Crippen LogP contribution is -2.37. The first-order valence-electron chi connectivity index (χ1n) is 4.18. The number of hydrogen-bond acceptors (Lipinski definition) is 4. The third kappa shape index (κ3) is 2.64. The van der Waals surface area contributed by atoms with Gasteiger partial charge in [0.15, 0.2) is 11.7 Å². The molecule has 0 radical (unpaired) electrons. The van der Waals surface area contributed by atoms with Gasteiger partial charge in [0.2, 0.25) is 6.17 Å². The number of hydrogen-bond donors (Lipinski definition) is 0. The second kappa shape index (κ2) is 3.27. The Labute approximate surface area is 76.8 Å². The minimum absolute atomic E-state index is 0.0300. The first kappa shape index (κ1) is 9.88. The molecular formula is C7H14N4O2. The molecule has 1 unspecified atom stereocenters. The summed E-state index contributed by atoms with van der Waals surface area (Å²) in [6.45, 7) is 6.16. The summed E-state index contributed by atoms with van der Waals surface area (Å²) in [5.74, 6) is 0. The highest BCUT2D eigenvalue weighted by Gasteiger charge is 2.33. The van der Waals surface area contributed by atoms with Crippen molar-refractivity contribution in [2.24, 2.45) is 15.6 Å². The molecule has 0 spiro atoms. The van der Waals surface area contributed by atoms with E-state index in [-0.39, 0.29) is 12.1 Å². The van der Waals surface area contributed by atoms with Crippen molar-refractivity contribution in [3.05, 3.63) is 10.1 Å². The molecule has 0 saturated carbocycles. The number of azo groups is 1. The summed E-state index contributed by atoms with van der Waals surface area (Å²) in [5, 5.41) is 18.6. The molecule has 74 valence electrons. The van der Waals surface area contributed by atoms with Crippen LogP contribution in [0, 0.1) is 15.5 Å². The molecule has 1 atom stereocenters. The number of nitrogens with zero attached hydrogens (tertiary/aromatic N) is 4. The van der Waals surface area contributed by atoms with E-state index in [1.807, 2.05) is 20.8 Å². The standard InChI is InChI=1S/C7H14N4O2/c1-7(2,3)4-6-9-8-5-10(6)11(12)13/h6H,4-5H2,1-3H3. The molecule has 6 nitrogen and oxygen atoms in total. The van der Waals surface area contributed by atoms with Crippen LogP contribution in [0.25, 0.3) is 0 Å². The Morgan fingerprint density at radius 3 is 2.69 bits per heavy atom. The van der Waals surface area contributed by atoms with E-state index in [0.717, 1.165) is 5.01 Å². The van der Waals surface area contributed by atoms with Crippen molar-refractivity contribution < 1.29 is 5.03 Å². The van der Waals surface area contributed by atoms with Crippen LogP contribution in [0.3, 0.4) is 0 Å². The maximum absolute atomic E-state index is 10.5. The Bertz CT molecular complexity index is 233. The van der Waals surface area contributed by atoms with E-state index in [1.54, 1.807) is 0 Å². The molecule has 1 aliphatic heterocycles. The molecule has 6 heteroatoms. The van der Waals surface area contributed by atoms with Gasteiger partial charge in [0.1, 0.15) is 0 Å². The highest BCUT2D eigenvalue weighted by molar-refractivity contribution is 4.73. The molecule has 1 heterocycles. The zero-order chi connectivity index (χ0) is 10.1. The number of nitro groups is 1. The second-order valence-corrected chi connectivity index (χ2v) is 4.32. The van der Waals surface area contributed by atoms with Crippen LogP contribution < -0.4 is 0 Å². The van der Waals surface area contributed by atoms with Crippen LogP contribution in [-0.4, -0.2) is 22.9 Å². The van der Waals surface area contributed by atoms with Gasteiger partial charge in [-0.15, -0.1) is 0 Å². The topological polar surface area (TPSA) is 71.1 Å². The summed E-state index contributed by atoms with van der Waals surface area (Å²) < 4.78 is 0. The minimum atomic E-state index is -0.434. The van der Waals surface area contributed by atoms with E-state index in [2.05, 4.69) is 10.2 Å². The lowest BCUT2D eigenvalue weighted by Gasteiger charge is -2.22. The van der Waals surface area contributed by atoms with Gasteiger partial charge in [-0.3, -0.25) is 0 Å². The normalized spacial score (nSPS) is 22.4. The second-order valence-electron chi connectivity index (χ2n) is 4.32. The van der Waals surface area contributed by atoms with Crippen molar-refractivity contribution in [3.63, 3.8) is 0 Å². The van der Waals surface area contributed by atoms with Gasteiger partial charge in [-0.25, -0.2) is 10.1 Å². The van der Waals surface area contributed by atoms with Crippen LogP contribution in [0.4, 0.5) is 0 Å². The molecule has 0 N–H and O–H groups in total. The van der Waals surface area contributed by atoms with Gasteiger partial charge in [-0.1, -0.05) is 25.8 Å². The molecule has 0 amide bonds. The van der Waals surface area contributed by atoms with Crippen molar-refractivity contribution in [1.82, 2.24) is 5.01 Å². The molecule has 13 heavy (non-hydrogen) atoms. The average molecular weight is 186 g/mol. The molecule has 0 saturated heterocycles. The third-order valence-electron chi connectivity index (χ3n) is 1.77. The summed E-state index contributed by atoms with van der Waals surface area (Å²) in [5.41, 5.74) is 0.0300. The van der Waals surface area contributed by atoms with E-state index >= 15 is 0 Å². The first-order valence-corrected chi connectivity index (χ1v) is 4.18. The molecule has 0 fully saturated rings. The predicted octanol–water partition coefficient (Wildman–Crippen LogP) is 1.67. The largest absolute Gasteiger partial charge is 0.235 e. The maximum atomic E-state index is 10.5. The monoisotopic (exact) mass is 186 g/mol. The zero-order valence-corrected chi connectivity index (χ0v) is 8.10. The number of hydrazine groups is 1. The van der Waals surface area contributed by atoms with Crippen LogP contribution in [-0.2, 0) is 0 Å². The lowest BCUT2D eigenvalue weighted by atomic mass is 9.91. The predicted molar refractivity (Wildman–Crippen MR) is 46.4 cm³/mol. The highest BCUT2D eigenvalue weighted by Crippen LogP contribution is 2.26. The SMILES string of the molecule is CC(C)(C)CC1N=NCN1[N+](=O)[O-]. The van der Waals surface area contributed by atoms with Gasteiger partial charge in [0.05, 0.1) is 0 Å². The molecular weight excluding hydrogens is 172 g/mol. The molecule has 0 aromatic carbocycles. The highest BCUT2D eigenvalue weighted by atomic mass is 16.7. The van der Waals surface area contributed by atoms with Gasteiger partial charge in [-0.2, -0.15) is 10.2 Å². The quantitative estimate of drug-likeness (QED) is 0.486. The van der Waals surface area contributed by atoms with E-state index in [4.69, 9.17) is 0 Å². The summed E-state index contributed by atoms with van der Waals surface area (Å²) in [6, 6.07) is 0.